The molecule has 6 nitrogen and oxygen atoms in total. The second-order valence-electron chi connectivity index (χ2n) is 9.65. The van der Waals surface area contributed by atoms with Gasteiger partial charge in [0.1, 0.15) is 34.8 Å². The Morgan fingerprint density at radius 2 is 1.51 bits per heavy atom. The van der Waals surface area contributed by atoms with Crippen molar-refractivity contribution in [1.29, 1.82) is 0 Å². The van der Waals surface area contributed by atoms with Crippen LogP contribution in [-0.2, 0) is 11.4 Å². The van der Waals surface area contributed by atoms with Crippen LogP contribution in [0.4, 0.5) is 0 Å². The van der Waals surface area contributed by atoms with Crippen molar-refractivity contribution in [2.75, 3.05) is 13.1 Å². The summed E-state index contributed by atoms with van der Waals surface area (Å²) in [6.07, 6.45) is 1.26. The minimum absolute atomic E-state index is 0.0557. The Balaban J connectivity index is 1.24. The van der Waals surface area contributed by atoms with E-state index in [1.165, 1.54) is 17.4 Å². The molecule has 204 valence electrons. The number of fused-ring (bicyclic) bond motifs is 1. The number of rotatable bonds is 10. The van der Waals surface area contributed by atoms with Crippen LogP contribution >= 0.6 is 11.3 Å². The number of thiophene rings is 1. The van der Waals surface area contributed by atoms with Gasteiger partial charge in [-0.05, 0) is 54.1 Å². The van der Waals surface area contributed by atoms with Crippen molar-refractivity contribution in [3.8, 4) is 23.0 Å². The highest BCUT2D eigenvalue weighted by atomic mass is 32.1. The van der Waals surface area contributed by atoms with Crippen molar-refractivity contribution in [2.45, 2.75) is 12.7 Å². The number of ketones is 1. The van der Waals surface area contributed by atoms with Crippen molar-refractivity contribution in [3.63, 3.8) is 0 Å². The topological polar surface area (TPSA) is 65.1 Å². The molecule has 0 N–H and O–H groups in total. The number of amides is 1. The molecule has 0 radical (unpaired) electrons. The molecule has 1 aliphatic heterocycles. The molecule has 0 spiro atoms. The highest BCUT2D eigenvalue weighted by Crippen LogP contribution is 2.43. The van der Waals surface area contributed by atoms with E-state index in [-0.39, 0.29) is 17.8 Å². The maximum Gasteiger partial charge on any atom is 0.246 e. The van der Waals surface area contributed by atoms with E-state index in [0.29, 0.717) is 47.4 Å². The molecule has 1 fully saturated rings. The van der Waals surface area contributed by atoms with Crippen molar-refractivity contribution in [3.05, 3.63) is 132 Å². The summed E-state index contributed by atoms with van der Waals surface area (Å²) < 4.78 is 19.3. The summed E-state index contributed by atoms with van der Waals surface area (Å²) in [5, 5.41) is 0.836. The summed E-state index contributed by atoms with van der Waals surface area (Å²) in [6.45, 7) is 5.04. The quantitative estimate of drug-likeness (QED) is 0.132. The lowest BCUT2D eigenvalue weighted by Gasteiger charge is -2.38. The van der Waals surface area contributed by atoms with Gasteiger partial charge in [-0.1, -0.05) is 67.2 Å². The fraction of sp³-hybridized carbons (Fsp3) is 0.118. The second kappa shape index (κ2) is 11.7. The molecule has 6 rings (SSSR count). The van der Waals surface area contributed by atoms with E-state index < -0.39 is 0 Å². The second-order valence-corrected chi connectivity index (χ2v) is 10.7. The number of nitrogens with zero attached hydrogens (tertiary/aromatic N) is 1. The summed E-state index contributed by atoms with van der Waals surface area (Å²) in [5.41, 5.74) is 1.67. The SMILES string of the molecule is C=CC(=O)N1CC(Oc2ccc(Oc3c(C(=O)c4ccccc4)sc4cc(OCc5ccccc5)ccc34)cc2)C1. The predicted octanol–water partition coefficient (Wildman–Crippen LogP) is 7.28. The molecule has 41 heavy (non-hydrogen) atoms. The summed E-state index contributed by atoms with van der Waals surface area (Å²) in [4.78, 5) is 27.4. The van der Waals surface area contributed by atoms with Gasteiger partial charge >= 0.3 is 0 Å². The van der Waals surface area contributed by atoms with E-state index in [2.05, 4.69) is 6.58 Å². The Morgan fingerprint density at radius 1 is 0.854 bits per heavy atom. The Kier molecular flexibility index (Phi) is 7.52. The van der Waals surface area contributed by atoms with Crippen LogP contribution in [0.5, 0.6) is 23.0 Å². The van der Waals surface area contributed by atoms with Crippen LogP contribution in [-0.4, -0.2) is 35.8 Å². The fourth-order valence-corrected chi connectivity index (χ4v) is 5.69. The molecule has 0 unspecified atom stereocenters. The van der Waals surface area contributed by atoms with Gasteiger partial charge < -0.3 is 19.1 Å². The first-order valence-electron chi connectivity index (χ1n) is 13.3. The molecule has 1 amide bonds. The van der Waals surface area contributed by atoms with Crippen LogP contribution in [0.2, 0.25) is 0 Å². The van der Waals surface area contributed by atoms with Gasteiger partial charge in [-0.2, -0.15) is 0 Å². The van der Waals surface area contributed by atoms with Gasteiger partial charge in [0.05, 0.1) is 13.1 Å². The van der Waals surface area contributed by atoms with E-state index in [9.17, 15) is 9.59 Å². The van der Waals surface area contributed by atoms with E-state index >= 15 is 0 Å². The smallest absolute Gasteiger partial charge is 0.246 e. The third kappa shape index (κ3) is 5.85. The monoisotopic (exact) mass is 561 g/mol. The zero-order valence-electron chi connectivity index (χ0n) is 22.2. The molecule has 1 aromatic heterocycles. The molecule has 0 saturated carbocycles. The molecule has 5 aromatic rings. The van der Waals surface area contributed by atoms with E-state index in [4.69, 9.17) is 14.2 Å². The number of carbonyl (C=O) groups excluding carboxylic acids is 2. The third-order valence-electron chi connectivity index (χ3n) is 6.79. The molecule has 0 atom stereocenters. The van der Waals surface area contributed by atoms with Crippen molar-refractivity contribution < 1.29 is 23.8 Å². The molecule has 4 aromatic carbocycles. The van der Waals surface area contributed by atoms with Crippen molar-refractivity contribution >= 4 is 33.1 Å². The van der Waals surface area contributed by atoms with Gasteiger partial charge in [0, 0.05) is 15.6 Å². The Bertz CT molecular complexity index is 1690. The number of hydrogen-bond donors (Lipinski definition) is 0. The number of ether oxygens (including phenoxy) is 3. The van der Waals surface area contributed by atoms with Crippen LogP contribution in [0.3, 0.4) is 0 Å². The number of likely N-dealkylation sites (tertiary alicyclic amines) is 1. The molecule has 7 heteroatoms. The zero-order chi connectivity index (χ0) is 28.2. The largest absolute Gasteiger partial charge is 0.489 e. The molecular weight excluding hydrogens is 534 g/mol. The highest BCUT2D eigenvalue weighted by molar-refractivity contribution is 7.21. The first-order valence-corrected chi connectivity index (χ1v) is 14.1. The van der Waals surface area contributed by atoms with Gasteiger partial charge in [0.15, 0.2) is 5.75 Å². The lowest BCUT2D eigenvalue weighted by molar-refractivity contribution is -0.134. The van der Waals surface area contributed by atoms with E-state index in [1.54, 1.807) is 17.0 Å². The lowest BCUT2D eigenvalue weighted by Crippen LogP contribution is -2.55. The van der Waals surface area contributed by atoms with Crippen molar-refractivity contribution in [2.24, 2.45) is 0 Å². The maximum absolute atomic E-state index is 13.6. The molecule has 1 saturated heterocycles. The average Bonchev–Trinajstić information content (AvgIpc) is 3.36. The van der Waals surface area contributed by atoms with Crippen LogP contribution in [0, 0.1) is 0 Å². The fourth-order valence-electron chi connectivity index (χ4n) is 4.57. The predicted molar refractivity (Wildman–Crippen MR) is 160 cm³/mol. The highest BCUT2D eigenvalue weighted by Gasteiger charge is 2.31. The number of hydrogen-bond acceptors (Lipinski definition) is 6. The Hall–Kier alpha value is -4.88. The van der Waals surface area contributed by atoms with Gasteiger partial charge in [-0.3, -0.25) is 9.59 Å². The number of benzene rings is 4. The van der Waals surface area contributed by atoms with Crippen LogP contribution in [0.25, 0.3) is 10.1 Å². The van der Waals surface area contributed by atoms with Gasteiger partial charge in [0.2, 0.25) is 11.7 Å². The molecule has 0 aliphatic carbocycles. The summed E-state index contributed by atoms with van der Waals surface area (Å²) in [6, 6.07) is 32.3. The Morgan fingerprint density at radius 3 is 2.22 bits per heavy atom. The van der Waals surface area contributed by atoms with Gasteiger partial charge in [0.25, 0.3) is 0 Å². The Labute approximate surface area is 242 Å². The van der Waals surface area contributed by atoms with Crippen LogP contribution in [0.1, 0.15) is 20.8 Å². The van der Waals surface area contributed by atoms with Gasteiger partial charge in [-0.25, -0.2) is 0 Å². The molecular formula is C34H27NO5S. The summed E-state index contributed by atoms with van der Waals surface area (Å²) in [7, 11) is 0. The van der Waals surface area contributed by atoms with Crippen LogP contribution < -0.4 is 14.2 Å². The summed E-state index contributed by atoms with van der Waals surface area (Å²) in [5.74, 6) is 2.31. The van der Waals surface area contributed by atoms with Crippen molar-refractivity contribution in [1.82, 2.24) is 4.90 Å². The van der Waals surface area contributed by atoms with E-state index in [1.807, 2.05) is 91.0 Å². The minimum atomic E-state index is -0.0999. The average molecular weight is 562 g/mol. The van der Waals surface area contributed by atoms with E-state index in [0.717, 1.165) is 21.4 Å². The standard InChI is InChI=1S/C34H27NO5S/c1-2-31(36)35-20-28(21-35)39-25-13-15-26(16-14-25)40-33-29-18-17-27(38-22-23-9-5-3-6-10-23)19-30(29)41-34(33)32(37)24-11-7-4-8-12-24/h2-19,28H,1,20-22H2. The van der Waals surface area contributed by atoms with Gasteiger partial charge in [-0.15, -0.1) is 11.3 Å². The third-order valence-corrected chi connectivity index (χ3v) is 7.92. The van der Waals surface area contributed by atoms with Crippen LogP contribution in [0.15, 0.2) is 116 Å². The normalized spacial score (nSPS) is 12.9. The first-order chi connectivity index (χ1) is 20.1. The first kappa shape index (κ1) is 26.3. The zero-order valence-corrected chi connectivity index (χ0v) is 23.0. The number of carbonyl (C=O) groups is 2. The summed E-state index contributed by atoms with van der Waals surface area (Å²) >= 11 is 1.39. The molecule has 1 aliphatic rings. The molecule has 2 heterocycles. The molecule has 0 bridgehead atoms. The lowest BCUT2D eigenvalue weighted by atomic mass is 10.1. The minimum Gasteiger partial charge on any atom is -0.489 e. The maximum atomic E-state index is 13.6.